The Morgan fingerprint density at radius 1 is 1.29 bits per heavy atom. The van der Waals surface area contributed by atoms with Gasteiger partial charge in [-0.2, -0.15) is 0 Å². The molecule has 0 aliphatic heterocycles. The summed E-state index contributed by atoms with van der Waals surface area (Å²) in [6.07, 6.45) is 1.73. The number of benzene rings is 2. The second kappa shape index (κ2) is 6.17. The Morgan fingerprint density at radius 3 is 2.86 bits per heavy atom. The molecular formula is C18H19ClFN. The highest BCUT2D eigenvalue weighted by molar-refractivity contribution is 6.30. The SMILES string of the molecule is CCNC(Cc1cc(Cl)ccc1F)C1Cc2ccccc21. The second-order valence-electron chi connectivity index (χ2n) is 5.61. The summed E-state index contributed by atoms with van der Waals surface area (Å²) in [5.41, 5.74) is 3.50. The highest BCUT2D eigenvalue weighted by atomic mass is 35.5. The highest BCUT2D eigenvalue weighted by Crippen LogP contribution is 2.38. The molecule has 110 valence electrons. The van der Waals surface area contributed by atoms with Crippen LogP contribution in [-0.2, 0) is 12.8 Å². The second-order valence-corrected chi connectivity index (χ2v) is 6.05. The van der Waals surface area contributed by atoms with Crippen molar-refractivity contribution in [3.8, 4) is 0 Å². The van der Waals surface area contributed by atoms with E-state index in [-0.39, 0.29) is 11.9 Å². The van der Waals surface area contributed by atoms with Crippen LogP contribution in [0.25, 0.3) is 0 Å². The molecule has 3 heteroatoms. The zero-order chi connectivity index (χ0) is 14.8. The molecular weight excluding hydrogens is 285 g/mol. The van der Waals surface area contributed by atoms with Crippen molar-refractivity contribution in [2.75, 3.05) is 6.54 Å². The number of rotatable bonds is 5. The molecule has 0 heterocycles. The summed E-state index contributed by atoms with van der Waals surface area (Å²) in [7, 11) is 0. The molecule has 0 aromatic heterocycles. The molecule has 0 fully saturated rings. The van der Waals surface area contributed by atoms with Crippen LogP contribution in [0, 0.1) is 5.82 Å². The molecule has 0 bridgehead atoms. The van der Waals surface area contributed by atoms with E-state index < -0.39 is 0 Å². The van der Waals surface area contributed by atoms with Gasteiger partial charge in [-0.15, -0.1) is 0 Å². The molecule has 2 unspecified atom stereocenters. The zero-order valence-electron chi connectivity index (χ0n) is 12.1. The van der Waals surface area contributed by atoms with Crippen LogP contribution in [0.15, 0.2) is 42.5 Å². The fourth-order valence-corrected chi connectivity index (χ4v) is 3.41. The van der Waals surface area contributed by atoms with E-state index in [0.29, 0.717) is 22.9 Å². The van der Waals surface area contributed by atoms with Gasteiger partial charge in [0.15, 0.2) is 0 Å². The lowest BCUT2D eigenvalue weighted by molar-refractivity contribution is 0.400. The molecule has 3 rings (SSSR count). The summed E-state index contributed by atoms with van der Waals surface area (Å²) >= 11 is 6.00. The van der Waals surface area contributed by atoms with Crippen LogP contribution >= 0.6 is 11.6 Å². The van der Waals surface area contributed by atoms with Crippen molar-refractivity contribution >= 4 is 11.6 Å². The van der Waals surface area contributed by atoms with Crippen molar-refractivity contribution in [1.82, 2.24) is 5.32 Å². The zero-order valence-corrected chi connectivity index (χ0v) is 12.8. The maximum Gasteiger partial charge on any atom is 0.126 e. The molecule has 0 saturated heterocycles. The monoisotopic (exact) mass is 303 g/mol. The van der Waals surface area contributed by atoms with Crippen molar-refractivity contribution in [2.45, 2.75) is 31.7 Å². The minimum Gasteiger partial charge on any atom is -0.313 e. The Balaban J connectivity index is 1.82. The number of hydrogen-bond donors (Lipinski definition) is 1. The molecule has 0 radical (unpaired) electrons. The summed E-state index contributed by atoms with van der Waals surface area (Å²) in [6.45, 7) is 2.97. The first kappa shape index (κ1) is 14.6. The Kier molecular flexibility index (Phi) is 4.27. The first-order chi connectivity index (χ1) is 10.2. The normalized spacial score (nSPS) is 18.0. The molecule has 2 atom stereocenters. The van der Waals surface area contributed by atoms with Crippen LogP contribution in [0.2, 0.25) is 5.02 Å². The van der Waals surface area contributed by atoms with Gasteiger partial charge in [0.2, 0.25) is 0 Å². The van der Waals surface area contributed by atoms with Crippen molar-refractivity contribution in [3.05, 3.63) is 70.0 Å². The fraction of sp³-hybridized carbons (Fsp3) is 0.333. The van der Waals surface area contributed by atoms with Gasteiger partial charge in [0.25, 0.3) is 0 Å². The maximum absolute atomic E-state index is 14.0. The molecule has 1 aliphatic rings. The van der Waals surface area contributed by atoms with Crippen LogP contribution in [-0.4, -0.2) is 12.6 Å². The Labute approximate surface area is 130 Å². The van der Waals surface area contributed by atoms with Crippen LogP contribution < -0.4 is 5.32 Å². The molecule has 0 spiro atoms. The Morgan fingerprint density at radius 2 is 2.10 bits per heavy atom. The molecule has 1 nitrogen and oxygen atoms in total. The summed E-state index contributed by atoms with van der Waals surface area (Å²) < 4.78 is 14.0. The van der Waals surface area contributed by atoms with Gasteiger partial charge in [-0.05, 0) is 54.3 Å². The van der Waals surface area contributed by atoms with Gasteiger partial charge in [-0.25, -0.2) is 4.39 Å². The lowest BCUT2D eigenvalue weighted by Crippen LogP contribution is -2.41. The van der Waals surface area contributed by atoms with Crippen LogP contribution in [0.4, 0.5) is 4.39 Å². The third-order valence-corrected chi connectivity index (χ3v) is 4.53. The molecule has 0 saturated carbocycles. The average molecular weight is 304 g/mol. The van der Waals surface area contributed by atoms with Crippen LogP contribution in [0.5, 0.6) is 0 Å². The van der Waals surface area contributed by atoms with Crippen LogP contribution in [0.3, 0.4) is 0 Å². The van der Waals surface area contributed by atoms with E-state index in [9.17, 15) is 4.39 Å². The van der Waals surface area contributed by atoms with Crippen molar-refractivity contribution in [1.29, 1.82) is 0 Å². The summed E-state index contributed by atoms with van der Waals surface area (Å²) in [5.74, 6) is 0.287. The van der Waals surface area contributed by atoms with Gasteiger partial charge in [-0.3, -0.25) is 0 Å². The molecule has 2 aromatic carbocycles. The quantitative estimate of drug-likeness (QED) is 0.866. The number of nitrogens with one attached hydrogen (secondary N) is 1. The topological polar surface area (TPSA) is 12.0 Å². The van der Waals surface area contributed by atoms with Gasteiger partial charge >= 0.3 is 0 Å². The smallest absolute Gasteiger partial charge is 0.126 e. The predicted octanol–water partition coefficient (Wildman–Crippen LogP) is 4.34. The van der Waals surface area contributed by atoms with E-state index in [1.807, 2.05) is 0 Å². The van der Waals surface area contributed by atoms with E-state index in [1.165, 1.54) is 17.2 Å². The minimum atomic E-state index is -0.171. The fourth-order valence-electron chi connectivity index (χ4n) is 3.21. The molecule has 1 N–H and O–H groups in total. The third kappa shape index (κ3) is 2.97. The van der Waals surface area contributed by atoms with Gasteiger partial charge < -0.3 is 5.32 Å². The van der Waals surface area contributed by atoms with E-state index in [1.54, 1.807) is 12.1 Å². The standard InChI is InChI=1S/C18H19ClFN/c1-2-21-18(11-13-9-14(19)7-8-17(13)20)16-10-12-5-3-4-6-15(12)16/h3-9,16,18,21H,2,10-11H2,1H3. The van der Waals surface area contributed by atoms with Gasteiger partial charge in [0.05, 0.1) is 0 Å². The number of likely N-dealkylation sites (N-methyl/N-ethyl adjacent to an activating group) is 1. The predicted molar refractivity (Wildman–Crippen MR) is 85.5 cm³/mol. The average Bonchev–Trinajstić information content (AvgIpc) is 2.44. The third-order valence-electron chi connectivity index (χ3n) is 4.29. The molecule has 1 aliphatic carbocycles. The molecule has 0 amide bonds. The Bertz CT molecular complexity index is 641. The van der Waals surface area contributed by atoms with E-state index in [0.717, 1.165) is 13.0 Å². The summed E-state index contributed by atoms with van der Waals surface area (Å²) in [4.78, 5) is 0. The van der Waals surface area contributed by atoms with E-state index >= 15 is 0 Å². The van der Waals surface area contributed by atoms with E-state index in [4.69, 9.17) is 11.6 Å². The van der Waals surface area contributed by atoms with Gasteiger partial charge in [-0.1, -0.05) is 42.8 Å². The summed E-state index contributed by atoms with van der Waals surface area (Å²) in [5, 5.41) is 4.10. The lowest BCUT2D eigenvalue weighted by atomic mass is 9.72. The van der Waals surface area contributed by atoms with Crippen molar-refractivity contribution < 1.29 is 4.39 Å². The van der Waals surface area contributed by atoms with E-state index in [2.05, 4.69) is 36.5 Å². The van der Waals surface area contributed by atoms with Crippen LogP contribution in [0.1, 0.15) is 29.5 Å². The van der Waals surface area contributed by atoms with Gasteiger partial charge in [0.1, 0.15) is 5.82 Å². The van der Waals surface area contributed by atoms with Crippen molar-refractivity contribution in [2.24, 2.45) is 0 Å². The molecule has 21 heavy (non-hydrogen) atoms. The summed E-state index contributed by atoms with van der Waals surface area (Å²) in [6, 6.07) is 13.6. The highest BCUT2D eigenvalue weighted by Gasteiger charge is 2.32. The largest absolute Gasteiger partial charge is 0.313 e. The number of fused-ring (bicyclic) bond motifs is 1. The van der Waals surface area contributed by atoms with Gasteiger partial charge in [0, 0.05) is 17.0 Å². The lowest BCUT2D eigenvalue weighted by Gasteiger charge is -2.37. The minimum absolute atomic E-state index is 0.171. The number of halogens is 2. The van der Waals surface area contributed by atoms with Crippen molar-refractivity contribution in [3.63, 3.8) is 0 Å². The maximum atomic E-state index is 14.0. The first-order valence-corrected chi connectivity index (χ1v) is 7.82. The molecule has 2 aromatic rings. The Hall–Kier alpha value is -1.38. The number of hydrogen-bond acceptors (Lipinski definition) is 1. The first-order valence-electron chi connectivity index (χ1n) is 7.44.